The first-order valence-electron chi connectivity index (χ1n) is 7.00. The lowest BCUT2D eigenvalue weighted by atomic mass is 10.1. The Kier molecular flexibility index (Phi) is 6.03. The molecule has 2 rings (SSSR count). The average molecular weight is 289 g/mol. The van der Waals surface area contributed by atoms with Gasteiger partial charge >= 0.3 is 0 Å². The first-order chi connectivity index (χ1) is 10.3. The molecule has 0 saturated heterocycles. The predicted molar refractivity (Wildman–Crippen MR) is 81.5 cm³/mol. The number of halogens is 1. The second-order valence-electron chi connectivity index (χ2n) is 4.62. The molecule has 0 atom stereocenters. The van der Waals surface area contributed by atoms with Crippen molar-refractivity contribution in [1.29, 1.82) is 0 Å². The lowest BCUT2D eigenvalue weighted by molar-refractivity contribution is 0.313. The largest absolute Gasteiger partial charge is 0.497 e. The topological polar surface area (TPSA) is 30.5 Å². The summed E-state index contributed by atoms with van der Waals surface area (Å²) in [6.07, 6.45) is 0.676. The van der Waals surface area contributed by atoms with Crippen LogP contribution in [-0.2, 0) is 6.42 Å². The molecular weight excluding hydrogens is 269 g/mol. The van der Waals surface area contributed by atoms with E-state index in [1.54, 1.807) is 13.2 Å². The van der Waals surface area contributed by atoms with E-state index in [2.05, 4.69) is 5.32 Å². The molecule has 0 amide bonds. The first kappa shape index (κ1) is 15.3. The van der Waals surface area contributed by atoms with Gasteiger partial charge in [-0.3, -0.25) is 0 Å². The molecule has 0 heterocycles. The summed E-state index contributed by atoms with van der Waals surface area (Å²) >= 11 is 0. The number of ether oxygens (including phenoxy) is 2. The van der Waals surface area contributed by atoms with Crippen molar-refractivity contribution in [2.75, 3.05) is 26.8 Å². The maximum Gasteiger partial charge on any atom is 0.126 e. The van der Waals surface area contributed by atoms with E-state index in [-0.39, 0.29) is 5.82 Å². The minimum Gasteiger partial charge on any atom is -0.497 e. The number of benzene rings is 2. The van der Waals surface area contributed by atoms with E-state index in [1.165, 1.54) is 6.07 Å². The van der Waals surface area contributed by atoms with Crippen LogP contribution in [0.5, 0.6) is 11.5 Å². The lowest BCUT2D eigenvalue weighted by Gasteiger charge is -2.08. The number of hydrogen-bond donors (Lipinski definition) is 1. The van der Waals surface area contributed by atoms with Crippen LogP contribution in [0.15, 0.2) is 48.5 Å². The third kappa shape index (κ3) is 5.08. The summed E-state index contributed by atoms with van der Waals surface area (Å²) < 4.78 is 24.1. The van der Waals surface area contributed by atoms with Crippen LogP contribution < -0.4 is 14.8 Å². The van der Waals surface area contributed by atoms with Crippen LogP contribution in [0, 0.1) is 5.82 Å². The summed E-state index contributed by atoms with van der Waals surface area (Å²) in [7, 11) is 1.63. The molecule has 0 radical (unpaired) electrons. The van der Waals surface area contributed by atoms with Crippen molar-refractivity contribution in [2.45, 2.75) is 6.42 Å². The fourth-order valence-corrected chi connectivity index (χ4v) is 1.96. The molecule has 2 aromatic carbocycles. The van der Waals surface area contributed by atoms with Crippen molar-refractivity contribution in [3.63, 3.8) is 0 Å². The molecule has 1 N–H and O–H groups in total. The summed E-state index contributed by atoms with van der Waals surface area (Å²) in [6.45, 7) is 2.02. The number of nitrogens with one attached hydrogen (secondary N) is 1. The van der Waals surface area contributed by atoms with E-state index < -0.39 is 0 Å². The van der Waals surface area contributed by atoms with Crippen molar-refractivity contribution in [3.8, 4) is 11.5 Å². The van der Waals surface area contributed by atoms with Crippen LogP contribution in [0.3, 0.4) is 0 Å². The van der Waals surface area contributed by atoms with E-state index in [0.717, 1.165) is 30.2 Å². The van der Waals surface area contributed by atoms with Crippen LogP contribution in [0.25, 0.3) is 0 Å². The van der Waals surface area contributed by atoms with Gasteiger partial charge in [0.05, 0.1) is 7.11 Å². The molecule has 0 unspecified atom stereocenters. The van der Waals surface area contributed by atoms with Crippen molar-refractivity contribution < 1.29 is 13.9 Å². The molecule has 0 aliphatic carbocycles. The Morgan fingerprint density at radius 3 is 2.38 bits per heavy atom. The highest BCUT2D eigenvalue weighted by molar-refractivity contribution is 5.31. The number of rotatable bonds is 8. The minimum absolute atomic E-state index is 0.145. The molecule has 0 aliphatic heterocycles. The highest BCUT2D eigenvalue weighted by atomic mass is 19.1. The average Bonchev–Trinajstić information content (AvgIpc) is 2.53. The monoisotopic (exact) mass is 289 g/mol. The molecule has 0 aliphatic rings. The SMILES string of the molecule is COc1ccc(OCCNCCc2ccccc2F)cc1. The Balaban J connectivity index is 1.60. The number of hydrogen-bond acceptors (Lipinski definition) is 3. The van der Waals surface area contributed by atoms with Gasteiger partial charge in [0.2, 0.25) is 0 Å². The first-order valence-corrected chi connectivity index (χ1v) is 7.00. The van der Waals surface area contributed by atoms with Gasteiger partial charge in [-0.1, -0.05) is 18.2 Å². The van der Waals surface area contributed by atoms with Gasteiger partial charge in [-0.05, 0) is 48.9 Å². The van der Waals surface area contributed by atoms with Gasteiger partial charge in [-0.25, -0.2) is 4.39 Å². The molecule has 2 aromatic rings. The summed E-state index contributed by atoms with van der Waals surface area (Å²) in [5.41, 5.74) is 0.737. The zero-order valence-electron chi connectivity index (χ0n) is 12.1. The van der Waals surface area contributed by atoms with Crippen LogP contribution >= 0.6 is 0 Å². The van der Waals surface area contributed by atoms with Gasteiger partial charge in [0, 0.05) is 6.54 Å². The summed E-state index contributed by atoms with van der Waals surface area (Å²) in [5.74, 6) is 1.48. The smallest absolute Gasteiger partial charge is 0.126 e. The molecule has 0 fully saturated rings. The normalized spacial score (nSPS) is 10.4. The van der Waals surface area contributed by atoms with Crippen molar-refractivity contribution in [3.05, 3.63) is 59.9 Å². The Morgan fingerprint density at radius 2 is 1.67 bits per heavy atom. The molecule has 4 heteroatoms. The fraction of sp³-hybridized carbons (Fsp3) is 0.294. The van der Waals surface area contributed by atoms with Gasteiger partial charge in [0.1, 0.15) is 23.9 Å². The highest BCUT2D eigenvalue weighted by Crippen LogP contribution is 2.16. The standard InChI is InChI=1S/C17H20FNO2/c1-20-15-6-8-16(9-7-15)21-13-12-19-11-10-14-4-2-3-5-17(14)18/h2-9,19H,10-13H2,1H3. The van der Waals surface area contributed by atoms with Crippen molar-refractivity contribution in [2.24, 2.45) is 0 Å². The molecule has 3 nitrogen and oxygen atoms in total. The van der Waals surface area contributed by atoms with E-state index in [1.807, 2.05) is 36.4 Å². The Hall–Kier alpha value is -2.07. The van der Waals surface area contributed by atoms with Gasteiger partial charge in [-0.15, -0.1) is 0 Å². The molecule has 112 valence electrons. The van der Waals surface area contributed by atoms with Gasteiger partial charge in [0.25, 0.3) is 0 Å². The molecule has 0 spiro atoms. The van der Waals surface area contributed by atoms with Crippen LogP contribution in [-0.4, -0.2) is 26.8 Å². The van der Waals surface area contributed by atoms with Crippen molar-refractivity contribution >= 4 is 0 Å². The summed E-state index contributed by atoms with van der Waals surface area (Å²) in [4.78, 5) is 0. The van der Waals surface area contributed by atoms with E-state index in [0.29, 0.717) is 13.0 Å². The number of methoxy groups -OCH3 is 1. The Labute approximate surface area is 124 Å². The molecule has 0 aromatic heterocycles. The zero-order valence-corrected chi connectivity index (χ0v) is 12.1. The predicted octanol–water partition coefficient (Wildman–Crippen LogP) is 3.05. The van der Waals surface area contributed by atoms with E-state index in [9.17, 15) is 4.39 Å². The second-order valence-corrected chi connectivity index (χ2v) is 4.62. The molecule has 21 heavy (non-hydrogen) atoms. The van der Waals surface area contributed by atoms with Gasteiger partial charge < -0.3 is 14.8 Å². The van der Waals surface area contributed by atoms with Crippen molar-refractivity contribution in [1.82, 2.24) is 5.32 Å². The third-order valence-electron chi connectivity index (χ3n) is 3.14. The van der Waals surface area contributed by atoms with E-state index in [4.69, 9.17) is 9.47 Å². The van der Waals surface area contributed by atoms with Crippen LogP contribution in [0.4, 0.5) is 4.39 Å². The zero-order chi connectivity index (χ0) is 14.9. The second kappa shape index (κ2) is 8.27. The minimum atomic E-state index is -0.145. The third-order valence-corrected chi connectivity index (χ3v) is 3.14. The molecule has 0 saturated carbocycles. The highest BCUT2D eigenvalue weighted by Gasteiger charge is 1.99. The quantitative estimate of drug-likeness (QED) is 0.758. The molecule has 0 bridgehead atoms. The lowest BCUT2D eigenvalue weighted by Crippen LogP contribution is -2.23. The van der Waals surface area contributed by atoms with E-state index >= 15 is 0 Å². The van der Waals surface area contributed by atoms with Gasteiger partial charge in [0.15, 0.2) is 0 Å². The maximum atomic E-state index is 13.4. The summed E-state index contributed by atoms with van der Waals surface area (Å²) in [5, 5.41) is 3.24. The fourth-order valence-electron chi connectivity index (χ4n) is 1.96. The summed E-state index contributed by atoms with van der Waals surface area (Å²) in [6, 6.07) is 14.3. The van der Waals surface area contributed by atoms with Gasteiger partial charge in [-0.2, -0.15) is 0 Å². The molecular formula is C17H20FNO2. The Morgan fingerprint density at radius 1 is 0.952 bits per heavy atom. The van der Waals surface area contributed by atoms with Crippen LogP contribution in [0.2, 0.25) is 0 Å². The maximum absolute atomic E-state index is 13.4. The Bertz CT molecular complexity index is 543. The van der Waals surface area contributed by atoms with Crippen LogP contribution in [0.1, 0.15) is 5.56 Å².